The van der Waals surface area contributed by atoms with E-state index in [1.54, 1.807) is 0 Å². The molecule has 1 N–H and O–H groups in total. The number of hydrogen-bond acceptors (Lipinski definition) is 4. The second-order valence-electron chi connectivity index (χ2n) is 7.25. The molecule has 0 unspecified atom stereocenters. The molecule has 28 heavy (non-hydrogen) atoms. The van der Waals surface area contributed by atoms with Crippen molar-refractivity contribution in [2.75, 3.05) is 52.5 Å². The second-order valence-corrected chi connectivity index (χ2v) is 7.25. The molecule has 2 aromatic carbocycles. The van der Waals surface area contributed by atoms with Crippen molar-refractivity contribution in [2.24, 2.45) is 0 Å². The number of aliphatic hydroxyl groups is 1. The van der Waals surface area contributed by atoms with Gasteiger partial charge < -0.3 is 14.7 Å². The van der Waals surface area contributed by atoms with Crippen LogP contribution in [0.4, 0.5) is 0 Å². The van der Waals surface area contributed by atoms with E-state index in [0.717, 1.165) is 75.6 Å². The van der Waals surface area contributed by atoms with E-state index in [2.05, 4.69) is 52.3 Å². The van der Waals surface area contributed by atoms with Crippen molar-refractivity contribution in [3.05, 3.63) is 71.8 Å². The van der Waals surface area contributed by atoms with E-state index in [1.807, 2.05) is 24.3 Å². The molecule has 1 heterocycles. The molecular formula is C24H32N2O2. The van der Waals surface area contributed by atoms with E-state index >= 15 is 0 Å². The SMILES string of the molecule is OCCN1CCN(CCCCOC(=Cc2ccccc2)c2ccccc2)CC1. The second kappa shape index (κ2) is 11.6. The van der Waals surface area contributed by atoms with Gasteiger partial charge in [-0.05, 0) is 31.0 Å². The van der Waals surface area contributed by atoms with E-state index < -0.39 is 0 Å². The van der Waals surface area contributed by atoms with Gasteiger partial charge in [0.05, 0.1) is 13.2 Å². The molecule has 1 aliphatic rings. The Kier molecular flexibility index (Phi) is 8.56. The molecule has 1 saturated heterocycles. The van der Waals surface area contributed by atoms with Gasteiger partial charge in [-0.15, -0.1) is 0 Å². The van der Waals surface area contributed by atoms with Crippen molar-refractivity contribution in [3.8, 4) is 0 Å². The monoisotopic (exact) mass is 380 g/mol. The van der Waals surface area contributed by atoms with E-state index in [-0.39, 0.29) is 6.61 Å². The van der Waals surface area contributed by atoms with Crippen LogP contribution in [0.25, 0.3) is 11.8 Å². The maximum absolute atomic E-state index is 9.03. The summed E-state index contributed by atoms with van der Waals surface area (Å²) in [4.78, 5) is 4.85. The number of aliphatic hydroxyl groups excluding tert-OH is 1. The highest BCUT2D eigenvalue weighted by molar-refractivity contribution is 5.77. The first-order chi connectivity index (χ1) is 13.8. The lowest BCUT2D eigenvalue weighted by Crippen LogP contribution is -2.47. The summed E-state index contributed by atoms with van der Waals surface area (Å²) < 4.78 is 6.18. The van der Waals surface area contributed by atoms with Crippen LogP contribution in [0.15, 0.2) is 60.7 Å². The van der Waals surface area contributed by atoms with Gasteiger partial charge in [-0.3, -0.25) is 4.90 Å². The zero-order valence-electron chi connectivity index (χ0n) is 16.7. The third kappa shape index (κ3) is 6.79. The third-order valence-electron chi connectivity index (χ3n) is 5.16. The summed E-state index contributed by atoms with van der Waals surface area (Å²) >= 11 is 0. The van der Waals surface area contributed by atoms with E-state index in [1.165, 1.54) is 0 Å². The average Bonchev–Trinajstić information content (AvgIpc) is 2.75. The van der Waals surface area contributed by atoms with Crippen LogP contribution in [0.1, 0.15) is 24.0 Å². The zero-order valence-corrected chi connectivity index (χ0v) is 16.7. The van der Waals surface area contributed by atoms with Crippen molar-refractivity contribution >= 4 is 11.8 Å². The minimum Gasteiger partial charge on any atom is -0.493 e. The normalized spacial score (nSPS) is 16.2. The van der Waals surface area contributed by atoms with Crippen LogP contribution in [0.2, 0.25) is 0 Å². The predicted octanol–water partition coefficient (Wildman–Crippen LogP) is 3.59. The number of piperazine rings is 1. The zero-order chi connectivity index (χ0) is 19.4. The molecule has 4 heteroatoms. The van der Waals surface area contributed by atoms with Gasteiger partial charge in [-0.25, -0.2) is 0 Å². The largest absolute Gasteiger partial charge is 0.493 e. The Bertz CT molecular complexity index is 695. The van der Waals surface area contributed by atoms with Crippen molar-refractivity contribution < 1.29 is 9.84 Å². The topological polar surface area (TPSA) is 35.9 Å². The molecule has 0 amide bonds. The summed E-state index contributed by atoms with van der Waals surface area (Å²) in [5.41, 5.74) is 2.27. The minimum absolute atomic E-state index is 0.261. The first-order valence-electron chi connectivity index (χ1n) is 10.4. The maximum atomic E-state index is 9.03. The van der Waals surface area contributed by atoms with Crippen LogP contribution in [-0.4, -0.2) is 67.4 Å². The average molecular weight is 381 g/mol. The molecule has 0 aliphatic carbocycles. The fourth-order valence-corrected chi connectivity index (χ4v) is 3.51. The van der Waals surface area contributed by atoms with Gasteiger partial charge in [-0.1, -0.05) is 60.7 Å². The maximum Gasteiger partial charge on any atom is 0.127 e. The van der Waals surface area contributed by atoms with Crippen molar-refractivity contribution in [3.63, 3.8) is 0 Å². The molecule has 0 spiro atoms. The number of rotatable bonds is 10. The Balaban J connectivity index is 1.44. The van der Waals surface area contributed by atoms with Crippen LogP contribution in [-0.2, 0) is 4.74 Å². The molecule has 0 atom stereocenters. The van der Waals surface area contributed by atoms with Crippen molar-refractivity contribution in [2.45, 2.75) is 12.8 Å². The predicted molar refractivity (Wildman–Crippen MR) is 116 cm³/mol. The Labute approximate surface area is 169 Å². The van der Waals surface area contributed by atoms with Gasteiger partial charge in [0.2, 0.25) is 0 Å². The molecule has 0 saturated carbocycles. The number of benzene rings is 2. The van der Waals surface area contributed by atoms with E-state index in [0.29, 0.717) is 0 Å². The first-order valence-corrected chi connectivity index (χ1v) is 10.4. The van der Waals surface area contributed by atoms with Crippen LogP contribution >= 0.6 is 0 Å². The van der Waals surface area contributed by atoms with Gasteiger partial charge >= 0.3 is 0 Å². The van der Waals surface area contributed by atoms with Gasteiger partial charge in [-0.2, -0.15) is 0 Å². The van der Waals surface area contributed by atoms with Gasteiger partial charge in [0.25, 0.3) is 0 Å². The third-order valence-corrected chi connectivity index (χ3v) is 5.16. The smallest absolute Gasteiger partial charge is 0.127 e. The quantitative estimate of drug-likeness (QED) is 0.388. The Morgan fingerprint density at radius 1 is 0.821 bits per heavy atom. The number of β-amino-alcohol motifs (C(OH)–C–C–N with tert-alkyl or cyclic N) is 1. The Morgan fingerprint density at radius 3 is 2.07 bits per heavy atom. The highest BCUT2D eigenvalue weighted by Crippen LogP contribution is 2.20. The van der Waals surface area contributed by atoms with Crippen LogP contribution in [0.5, 0.6) is 0 Å². The minimum atomic E-state index is 0.261. The molecule has 3 rings (SSSR count). The molecule has 0 aromatic heterocycles. The van der Waals surface area contributed by atoms with Crippen LogP contribution in [0, 0.1) is 0 Å². The van der Waals surface area contributed by atoms with Gasteiger partial charge in [0, 0.05) is 38.3 Å². The van der Waals surface area contributed by atoms with Crippen LogP contribution in [0.3, 0.4) is 0 Å². The van der Waals surface area contributed by atoms with Crippen LogP contribution < -0.4 is 0 Å². The molecule has 150 valence electrons. The fraction of sp³-hybridized carbons (Fsp3) is 0.417. The number of ether oxygens (including phenoxy) is 1. The van der Waals surface area contributed by atoms with Crippen molar-refractivity contribution in [1.82, 2.24) is 9.80 Å². The summed E-state index contributed by atoms with van der Waals surface area (Å²) in [6.07, 6.45) is 4.32. The number of unbranched alkanes of at least 4 members (excludes halogenated alkanes) is 1. The Morgan fingerprint density at radius 2 is 1.43 bits per heavy atom. The lowest BCUT2D eigenvalue weighted by molar-refractivity contribution is 0.110. The highest BCUT2D eigenvalue weighted by Gasteiger charge is 2.15. The fourth-order valence-electron chi connectivity index (χ4n) is 3.51. The molecule has 0 radical (unpaired) electrons. The Hall–Kier alpha value is -2.14. The summed E-state index contributed by atoms with van der Waals surface area (Å²) in [5.74, 6) is 0.935. The van der Waals surface area contributed by atoms with Gasteiger partial charge in [0.1, 0.15) is 5.76 Å². The van der Waals surface area contributed by atoms with Crippen molar-refractivity contribution in [1.29, 1.82) is 0 Å². The summed E-state index contributed by atoms with van der Waals surface area (Å²) in [7, 11) is 0. The lowest BCUT2D eigenvalue weighted by atomic mass is 10.1. The molecule has 1 aliphatic heterocycles. The summed E-state index contributed by atoms with van der Waals surface area (Å²) in [6.45, 7) is 7.25. The lowest BCUT2D eigenvalue weighted by Gasteiger charge is -2.34. The summed E-state index contributed by atoms with van der Waals surface area (Å²) in [6, 6.07) is 20.7. The number of nitrogens with zero attached hydrogens (tertiary/aromatic N) is 2. The number of hydrogen-bond donors (Lipinski definition) is 1. The first kappa shape index (κ1) is 20.6. The molecule has 4 nitrogen and oxygen atoms in total. The molecule has 2 aromatic rings. The molecule has 0 bridgehead atoms. The highest BCUT2D eigenvalue weighted by atomic mass is 16.5. The van der Waals surface area contributed by atoms with E-state index in [9.17, 15) is 0 Å². The molecular weight excluding hydrogens is 348 g/mol. The molecule has 1 fully saturated rings. The summed E-state index contributed by atoms with van der Waals surface area (Å²) in [5, 5.41) is 9.03. The van der Waals surface area contributed by atoms with Gasteiger partial charge in [0.15, 0.2) is 0 Å². The van der Waals surface area contributed by atoms with E-state index in [4.69, 9.17) is 9.84 Å². The standard InChI is InChI=1S/C24H32N2O2/c27-19-18-26-16-14-25(15-17-26)13-7-8-20-28-24(23-11-5-2-6-12-23)21-22-9-3-1-4-10-22/h1-6,9-12,21,27H,7-8,13-20H2.